The molecule has 29 heavy (non-hydrogen) atoms. The van der Waals surface area contributed by atoms with Gasteiger partial charge in [-0.2, -0.15) is 0 Å². The second-order valence-electron chi connectivity index (χ2n) is 7.49. The Balaban J connectivity index is 1.47. The van der Waals surface area contributed by atoms with E-state index in [-0.39, 0.29) is 17.5 Å². The molecule has 1 heterocycles. The summed E-state index contributed by atoms with van der Waals surface area (Å²) in [6.07, 6.45) is 2.49. The first-order chi connectivity index (χ1) is 14.0. The molecule has 0 saturated carbocycles. The number of aromatic nitrogens is 2. The highest BCUT2D eigenvalue weighted by molar-refractivity contribution is 5.77. The Morgan fingerprint density at radius 1 is 1.10 bits per heavy atom. The van der Waals surface area contributed by atoms with Crippen molar-refractivity contribution < 1.29 is 4.79 Å². The van der Waals surface area contributed by atoms with Gasteiger partial charge in [0.2, 0.25) is 5.91 Å². The van der Waals surface area contributed by atoms with Crippen LogP contribution < -0.4 is 10.9 Å². The molecule has 1 atom stereocenters. The van der Waals surface area contributed by atoms with E-state index in [2.05, 4.69) is 32.3 Å². The van der Waals surface area contributed by atoms with E-state index in [9.17, 15) is 9.59 Å². The van der Waals surface area contributed by atoms with Crippen molar-refractivity contribution >= 4 is 16.8 Å². The first-order valence-corrected chi connectivity index (χ1v) is 9.98. The Hall–Kier alpha value is -2.99. The highest BCUT2D eigenvalue weighted by atomic mass is 16.1. The Bertz CT molecular complexity index is 998. The number of carbonyl (C=O) groups excluding carboxylic acids is 1. The molecular formula is C23H28N4O2. The number of amides is 1. The molecule has 1 aromatic heterocycles. The van der Waals surface area contributed by atoms with Crippen LogP contribution >= 0.6 is 0 Å². The highest BCUT2D eigenvalue weighted by Crippen LogP contribution is 2.08. The van der Waals surface area contributed by atoms with Gasteiger partial charge < -0.3 is 15.2 Å². The zero-order valence-electron chi connectivity index (χ0n) is 17.0. The second-order valence-corrected chi connectivity index (χ2v) is 7.49. The molecule has 0 radical (unpaired) electrons. The number of aryl methyl sites for hydroxylation is 1. The van der Waals surface area contributed by atoms with Gasteiger partial charge in [-0.05, 0) is 44.6 Å². The number of benzene rings is 2. The number of H-pyrrole nitrogens is 1. The number of fused-ring (bicyclic) bond motifs is 1. The molecular weight excluding hydrogens is 364 g/mol. The molecule has 0 spiro atoms. The lowest BCUT2D eigenvalue weighted by atomic mass is 10.1. The molecule has 0 bridgehead atoms. The van der Waals surface area contributed by atoms with Crippen LogP contribution in [0.1, 0.15) is 24.2 Å². The van der Waals surface area contributed by atoms with Crippen LogP contribution in [0.15, 0.2) is 59.4 Å². The Kier molecular flexibility index (Phi) is 7.14. The summed E-state index contributed by atoms with van der Waals surface area (Å²) in [5.74, 6) is 0.643. The van der Waals surface area contributed by atoms with E-state index in [1.165, 1.54) is 5.56 Å². The van der Waals surface area contributed by atoms with E-state index in [4.69, 9.17) is 0 Å². The normalized spacial score (nSPS) is 12.2. The van der Waals surface area contributed by atoms with E-state index in [1.54, 1.807) is 6.07 Å². The summed E-state index contributed by atoms with van der Waals surface area (Å²) in [4.78, 5) is 33.8. The van der Waals surface area contributed by atoms with E-state index < -0.39 is 0 Å². The number of carbonyl (C=O) groups is 1. The van der Waals surface area contributed by atoms with Gasteiger partial charge in [0.15, 0.2) is 0 Å². The van der Waals surface area contributed by atoms with Crippen LogP contribution in [0.3, 0.4) is 0 Å². The molecule has 0 aliphatic heterocycles. The maximum Gasteiger partial charge on any atom is 0.258 e. The summed E-state index contributed by atoms with van der Waals surface area (Å²) in [6, 6.07) is 17.8. The number of aromatic amines is 1. The molecule has 0 fully saturated rings. The van der Waals surface area contributed by atoms with E-state index in [0.29, 0.717) is 42.5 Å². The van der Waals surface area contributed by atoms with Crippen molar-refractivity contribution in [2.45, 2.75) is 31.7 Å². The van der Waals surface area contributed by atoms with Crippen molar-refractivity contribution in [3.8, 4) is 0 Å². The number of likely N-dealkylation sites (N-methyl/N-ethyl adjacent to an activating group) is 1. The fraction of sp³-hybridized carbons (Fsp3) is 0.348. The maximum absolute atomic E-state index is 12.3. The zero-order chi connectivity index (χ0) is 20.6. The number of para-hydroxylation sites is 1. The average molecular weight is 393 g/mol. The molecule has 152 valence electrons. The SMILES string of the molecule is CN(C)C(CNC(=O)CCCc1nc2ccccc2c(=O)[nH]1)Cc1ccccc1. The predicted octanol–water partition coefficient (Wildman–Crippen LogP) is 2.53. The highest BCUT2D eigenvalue weighted by Gasteiger charge is 2.14. The zero-order valence-corrected chi connectivity index (χ0v) is 17.0. The van der Waals surface area contributed by atoms with Crippen LogP contribution in [0.5, 0.6) is 0 Å². The molecule has 0 saturated heterocycles. The van der Waals surface area contributed by atoms with Gasteiger partial charge in [-0.25, -0.2) is 4.98 Å². The first-order valence-electron chi connectivity index (χ1n) is 9.98. The lowest BCUT2D eigenvalue weighted by Crippen LogP contribution is -2.41. The monoisotopic (exact) mass is 392 g/mol. The third-order valence-corrected chi connectivity index (χ3v) is 5.06. The van der Waals surface area contributed by atoms with E-state index >= 15 is 0 Å². The second kappa shape index (κ2) is 9.98. The van der Waals surface area contributed by atoms with Gasteiger partial charge >= 0.3 is 0 Å². The third-order valence-electron chi connectivity index (χ3n) is 5.06. The van der Waals surface area contributed by atoms with E-state index in [0.717, 1.165) is 6.42 Å². The van der Waals surface area contributed by atoms with Crippen molar-refractivity contribution in [3.63, 3.8) is 0 Å². The first kappa shape index (κ1) is 20.7. The van der Waals surface area contributed by atoms with Crippen molar-refractivity contribution in [1.29, 1.82) is 0 Å². The van der Waals surface area contributed by atoms with Gasteiger partial charge in [-0.3, -0.25) is 9.59 Å². The van der Waals surface area contributed by atoms with Crippen molar-refractivity contribution in [1.82, 2.24) is 20.2 Å². The molecule has 2 aromatic carbocycles. The fourth-order valence-corrected chi connectivity index (χ4v) is 3.31. The summed E-state index contributed by atoms with van der Waals surface area (Å²) in [6.45, 7) is 0.603. The fourth-order valence-electron chi connectivity index (χ4n) is 3.31. The van der Waals surface area contributed by atoms with Crippen LogP contribution in [-0.2, 0) is 17.6 Å². The molecule has 3 aromatic rings. The summed E-state index contributed by atoms with van der Waals surface area (Å²) < 4.78 is 0. The summed E-state index contributed by atoms with van der Waals surface area (Å²) in [5, 5.41) is 3.62. The molecule has 3 rings (SSSR count). The van der Waals surface area contributed by atoms with E-state index in [1.807, 2.05) is 50.5 Å². The van der Waals surface area contributed by atoms with Crippen LogP contribution in [0.2, 0.25) is 0 Å². The lowest BCUT2D eigenvalue weighted by molar-refractivity contribution is -0.121. The average Bonchev–Trinajstić information content (AvgIpc) is 2.72. The largest absolute Gasteiger partial charge is 0.355 e. The maximum atomic E-state index is 12.3. The number of hydrogen-bond donors (Lipinski definition) is 2. The van der Waals surface area contributed by atoms with Gasteiger partial charge in [0.25, 0.3) is 5.56 Å². The standard InChI is InChI=1S/C23H28N4O2/c1-27(2)18(15-17-9-4-3-5-10-17)16-24-22(28)14-8-13-21-25-20-12-7-6-11-19(20)23(29)26-21/h3-7,9-12,18H,8,13-16H2,1-2H3,(H,24,28)(H,25,26,29). The number of nitrogens with one attached hydrogen (secondary N) is 2. The molecule has 1 unspecified atom stereocenters. The summed E-state index contributed by atoms with van der Waals surface area (Å²) in [5.41, 5.74) is 1.81. The van der Waals surface area contributed by atoms with Crippen LogP contribution in [-0.4, -0.2) is 47.5 Å². The van der Waals surface area contributed by atoms with Gasteiger partial charge in [0, 0.05) is 25.4 Å². The van der Waals surface area contributed by atoms with Gasteiger partial charge in [0.1, 0.15) is 5.82 Å². The van der Waals surface area contributed by atoms with Crippen LogP contribution in [0.4, 0.5) is 0 Å². The van der Waals surface area contributed by atoms with Gasteiger partial charge in [-0.1, -0.05) is 42.5 Å². The number of rotatable bonds is 9. The predicted molar refractivity (Wildman–Crippen MR) is 116 cm³/mol. The van der Waals surface area contributed by atoms with Gasteiger partial charge in [-0.15, -0.1) is 0 Å². The van der Waals surface area contributed by atoms with Crippen molar-refractivity contribution in [3.05, 3.63) is 76.3 Å². The quantitative estimate of drug-likeness (QED) is 0.587. The molecule has 2 N–H and O–H groups in total. The molecule has 0 aliphatic rings. The molecule has 1 amide bonds. The Labute approximate surface area is 171 Å². The lowest BCUT2D eigenvalue weighted by Gasteiger charge is -2.24. The summed E-state index contributed by atoms with van der Waals surface area (Å²) >= 11 is 0. The van der Waals surface area contributed by atoms with Crippen molar-refractivity contribution in [2.24, 2.45) is 0 Å². The minimum atomic E-state index is -0.134. The minimum Gasteiger partial charge on any atom is -0.355 e. The summed E-state index contributed by atoms with van der Waals surface area (Å²) in [7, 11) is 4.06. The molecule has 6 heteroatoms. The Morgan fingerprint density at radius 2 is 1.83 bits per heavy atom. The van der Waals surface area contributed by atoms with Gasteiger partial charge in [0.05, 0.1) is 10.9 Å². The minimum absolute atomic E-state index is 0.0213. The molecule has 6 nitrogen and oxygen atoms in total. The number of nitrogens with zero attached hydrogens (tertiary/aromatic N) is 2. The smallest absolute Gasteiger partial charge is 0.258 e. The van der Waals surface area contributed by atoms with Crippen LogP contribution in [0.25, 0.3) is 10.9 Å². The molecule has 0 aliphatic carbocycles. The van der Waals surface area contributed by atoms with Crippen LogP contribution in [0, 0.1) is 0 Å². The van der Waals surface area contributed by atoms with Crippen molar-refractivity contribution in [2.75, 3.05) is 20.6 Å². The number of hydrogen-bond acceptors (Lipinski definition) is 4. The Morgan fingerprint density at radius 3 is 2.59 bits per heavy atom. The third kappa shape index (κ3) is 5.99. The topological polar surface area (TPSA) is 78.1 Å².